The maximum absolute atomic E-state index is 13.0. The third-order valence-corrected chi connectivity index (χ3v) is 5.94. The van der Waals surface area contributed by atoms with E-state index in [0.29, 0.717) is 33.7 Å². The van der Waals surface area contributed by atoms with E-state index in [4.69, 9.17) is 4.74 Å². The van der Waals surface area contributed by atoms with Gasteiger partial charge >= 0.3 is 5.97 Å². The summed E-state index contributed by atoms with van der Waals surface area (Å²) in [4.78, 5) is 28.3. The van der Waals surface area contributed by atoms with Crippen molar-refractivity contribution < 1.29 is 14.5 Å². The lowest BCUT2D eigenvalue weighted by molar-refractivity contribution is -0.384. The van der Waals surface area contributed by atoms with Crippen LogP contribution in [0.5, 0.6) is 0 Å². The summed E-state index contributed by atoms with van der Waals surface area (Å²) in [5.41, 5.74) is 2.77. The summed E-state index contributed by atoms with van der Waals surface area (Å²) < 4.78 is 7.13. The molecule has 2 aromatic carbocycles. The molecule has 1 N–H and O–H groups in total. The highest BCUT2D eigenvalue weighted by Crippen LogP contribution is 2.37. The van der Waals surface area contributed by atoms with E-state index < -0.39 is 16.9 Å². The van der Waals surface area contributed by atoms with Crippen LogP contribution in [0.1, 0.15) is 37.9 Å². The lowest BCUT2D eigenvalue weighted by Crippen LogP contribution is -2.30. The molecule has 1 aliphatic rings. The van der Waals surface area contributed by atoms with Gasteiger partial charge in [0.1, 0.15) is 6.04 Å². The number of anilines is 1. The fourth-order valence-corrected chi connectivity index (χ4v) is 4.33. The van der Waals surface area contributed by atoms with Crippen LogP contribution >= 0.6 is 11.8 Å². The number of hydrogen-bond donors (Lipinski definition) is 1. The smallest absolute Gasteiger partial charge is 0.338 e. The number of rotatable bonds is 7. The topological polar surface area (TPSA) is 112 Å². The first-order chi connectivity index (χ1) is 15.8. The third-order valence-electron chi connectivity index (χ3n) is 5.03. The van der Waals surface area contributed by atoms with Crippen LogP contribution in [0, 0.1) is 10.1 Å². The third kappa shape index (κ3) is 4.90. The Balaban J connectivity index is 1.71. The Bertz CT molecular complexity index is 1210. The minimum atomic E-state index is -0.633. The van der Waals surface area contributed by atoms with Crippen LogP contribution in [0.25, 0.3) is 0 Å². The molecule has 9 nitrogen and oxygen atoms in total. The van der Waals surface area contributed by atoms with E-state index >= 15 is 0 Å². The number of benzene rings is 2. The lowest BCUT2D eigenvalue weighted by atomic mass is 9.95. The minimum Gasteiger partial charge on any atom is -0.459 e. The summed E-state index contributed by atoms with van der Waals surface area (Å²) in [5, 5.41) is 19.5. The van der Waals surface area contributed by atoms with Crippen molar-refractivity contribution in [3.8, 4) is 0 Å². The number of non-ortho nitro benzene ring substituents is 1. The van der Waals surface area contributed by atoms with Crippen molar-refractivity contribution in [1.29, 1.82) is 0 Å². The van der Waals surface area contributed by atoms with E-state index in [1.807, 2.05) is 30.3 Å². The summed E-state index contributed by atoms with van der Waals surface area (Å²) >= 11 is 1.49. The van der Waals surface area contributed by atoms with Crippen molar-refractivity contribution in [3.63, 3.8) is 0 Å². The van der Waals surface area contributed by atoms with E-state index in [1.54, 1.807) is 37.6 Å². The first-order valence-corrected chi connectivity index (χ1v) is 11.4. The number of nitro groups is 1. The normalized spacial score (nSPS) is 15.2. The van der Waals surface area contributed by atoms with Gasteiger partial charge in [-0.2, -0.15) is 4.98 Å². The number of nitrogens with one attached hydrogen (secondary N) is 1. The van der Waals surface area contributed by atoms with Crippen molar-refractivity contribution in [2.45, 2.75) is 43.8 Å². The number of nitrogens with zero attached hydrogens (tertiary/aromatic N) is 4. The first kappa shape index (κ1) is 22.5. The van der Waals surface area contributed by atoms with Crippen LogP contribution in [0.4, 0.5) is 11.6 Å². The number of thioether (sulfide) groups is 1. The van der Waals surface area contributed by atoms with Crippen LogP contribution in [0.3, 0.4) is 0 Å². The molecular formula is C23H23N5O4S. The Morgan fingerprint density at radius 3 is 2.55 bits per heavy atom. The average Bonchev–Trinajstić information content (AvgIpc) is 3.19. The molecule has 3 aromatic rings. The summed E-state index contributed by atoms with van der Waals surface area (Å²) in [5.74, 6) is 0.715. The fraction of sp³-hybridized carbons (Fsp3) is 0.261. The molecule has 0 aliphatic carbocycles. The Morgan fingerprint density at radius 2 is 1.91 bits per heavy atom. The predicted molar refractivity (Wildman–Crippen MR) is 125 cm³/mol. The van der Waals surface area contributed by atoms with Gasteiger partial charge in [0, 0.05) is 23.6 Å². The van der Waals surface area contributed by atoms with Gasteiger partial charge in [0.25, 0.3) is 5.69 Å². The Kier molecular flexibility index (Phi) is 6.45. The van der Waals surface area contributed by atoms with Gasteiger partial charge in [-0.05, 0) is 44.0 Å². The molecule has 1 aliphatic heterocycles. The highest BCUT2D eigenvalue weighted by Gasteiger charge is 2.35. The van der Waals surface area contributed by atoms with Crippen molar-refractivity contribution in [2.75, 3.05) is 5.32 Å². The highest BCUT2D eigenvalue weighted by atomic mass is 32.2. The maximum Gasteiger partial charge on any atom is 0.338 e. The molecule has 1 atom stereocenters. The van der Waals surface area contributed by atoms with Gasteiger partial charge in [0.2, 0.25) is 11.1 Å². The monoisotopic (exact) mass is 465 g/mol. The number of fused-ring (bicyclic) bond motifs is 1. The van der Waals surface area contributed by atoms with Gasteiger partial charge in [0.05, 0.1) is 16.6 Å². The first-order valence-electron chi connectivity index (χ1n) is 10.4. The molecular weight excluding hydrogens is 442 g/mol. The zero-order valence-electron chi connectivity index (χ0n) is 18.4. The van der Waals surface area contributed by atoms with Gasteiger partial charge in [-0.3, -0.25) is 10.1 Å². The molecule has 0 spiro atoms. The summed E-state index contributed by atoms with van der Waals surface area (Å²) in [6.07, 6.45) is -0.301. The molecule has 1 unspecified atom stereocenters. The molecule has 4 rings (SSSR count). The summed E-state index contributed by atoms with van der Waals surface area (Å²) in [6, 6.07) is 15.5. The number of carbonyl (C=O) groups excluding carboxylic acids is 1. The van der Waals surface area contributed by atoms with Gasteiger partial charge in [-0.1, -0.05) is 42.1 Å². The Labute approximate surface area is 195 Å². The molecule has 33 heavy (non-hydrogen) atoms. The predicted octanol–water partition coefficient (Wildman–Crippen LogP) is 4.72. The van der Waals surface area contributed by atoms with Crippen molar-refractivity contribution in [3.05, 3.63) is 87.1 Å². The van der Waals surface area contributed by atoms with Crippen molar-refractivity contribution in [2.24, 2.45) is 0 Å². The van der Waals surface area contributed by atoms with Crippen LogP contribution in [-0.4, -0.2) is 31.8 Å². The maximum atomic E-state index is 13.0. The molecule has 0 amide bonds. The second-order valence-electron chi connectivity index (χ2n) is 7.81. The zero-order valence-corrected chi connectivity index (χ0v) is 19.2. The van der Waals surface area contributed by atoms with Crippen molar-refractivity contribution in [1.82, 2.24) is 14.8 Å². The van der Waals surface area contributed by atoms with E-state index in [9.17, 15) is 14.9 Å². The molecule has 0 saturated heterocycles. The molecule has 0 bridgehead atoms. The van der Waals surface area contributed by atoms with E-state index in [-0.39, 0.29) is 11.8 Å². The summed E-state index contributed by atoms with van der Waals surface area (Å²) in [7, 11) is 0. The van der Waals surface area contributed by atoms with Gasteiger partial charge in [-0.25, -0.2) is 9.48 Å². The largest absolute Gasteiger partial charge is 0.459 e. The quantitative estimate of drug-likeness (QED) is 0.231. The number of allylic oxidation sites excluding steroid dienone is 1. The van der Waals surface area contributed by atoms with E-state index in [2.05, 4.69) is 15.4 Å². The zero-order chi connectivity index (χ0) is 23.5. The summed E-state index contributed by atoms with van der Waals surface area (Å²) in [6.45, 7) is 5.35. The number of esters is 1. The number of carbonyl (C=O) groups is 1. The Morgan fingerprint density at radius 1 is 1.21 bits per heavy atom. The van der Waals surface area contributed by atoms with Crippen molar-refractivity contribution >= 4 is 29.4 Å². The average molecular weight is 466 g/mol. The van der Waals surface area contributed by atoms with Gasteiger partial charge < -0.3 is 10.1 Å². The molecule has 2 heterocycles. The van der Waals surface area contributed by atoms with Crippen LogP contribution in [0.2, 0.25) is 0 Å². The van der Waals surface area contributed by atoms with Gasteiger partial charge in [-0.15, -0.1) is 5.10 Å². The molecule has 170 valence electrons. The van der Waals surface area contributed by atoms with E-state index in [1.165, 1.54) is 23.9 Å². The molecule has 1 aromatic heterocycles. The molecule has 10 heteroatoms. The highest BCUT2D eigenvalue weighted by molar-refractivity contribution is 7.98. The molecule has 0 radical (unpaired) electrons. The van der Waals surface area contributed by atoms with Crippen LogP contribution in [-0.2, 0) is 15.3 Å². The lowest BCUT2D eigenvalue weighted by Gasteiger charge is -2.28. The minimum absolute atomic E-state index is 0.0300. The fourth-order valence-electron chi connectivity index (χ4n) is 3.54. The van der Waals surface area contributed by atoms with Crippen LogP contribution in [0.15, 0.2) is 71.0 Å². The second kappa shape index (κ2) is 9.45. The number of hydrogen-bond acceptors (Lipinski definition) is 8. The molecule has 0 saturated carbocycles. The molecule has 0 fully saturated rings. The Hall–Kier alpha value is -3.66. The van der Waals surface area contributed by atoms with Crippen LogP contribution < -0.4 is 5.32 Å². The number of aromatic nitrogens is 3. The second-order valence-corrected chi connectivity index (χ2v) is 8.75. The number of nitro benzene ring substituents is 1. The number of ether oxygens (including phenoxy) is 1. The van der Waals surface area contributed by atoms with Gasteiger partial charge in [0.15, 0.2) is 0 Å². The standard InChI is InChI=1S/C23H23N5O4S/c1-14(2)32-21(29)19-15(3)24-22-25-23(33-13-16-7-5-4-6-8-16)26-27(22)20(19)17-9-11-18(12-10-17)28(30)31/h4-12,14,20H,13H2,1-3H3,(H,24,25,26). The van der Waals surface area contributed by atoms with E-state index in [0.717, 1.165) is 5.56 Å². The SMILES string of the molecule is CC1=C(C(=O)OC(C)C)C(c2ccc([N+](=O)[O-])cc2)n2nc(SCc3ccccc3)nc2N1.